The summed E-state index contributed by atoms with van der Waals surface area (Å²) in [7, 11) is 3.01. The maximum absolute atomic E-state index is 13.5. The number of hydrogen-bond acceptors (Lipinski definition) is 8. The van der Waals surface area contributed by atoms with Crippen molar-refractivity contribution in [2.45, 2.75) is 39.2 Å². The number of methoxy groups -OCH3 is 1. The van der Waals surface area contributed by atoms with E-state index in [1.165, 1.54) is 12.0 Å². The summed E-state index contributed by atoms with van der Waals surface area (Å²) in [5.41, 5.74) is 3.11. The predicted molar refractivity (Wildman–Crippen MR) is 165 cm³/mol. The van der Waals surface area contributed by atoms with Gasteiger partial charge in [0.05, 0.1) is 25.8 Å². The normalized spacial score (nSPS) is 10.5. The SMILES string of the molecule is CCCCC(=O)Nc1cc(NC(=O)OC)ccc1-c1nc(CC(=O)N(CCOC=O)Cc2cc(Cl)ccc2NC)[nH]c1Cl. The van der Waals surface area contributed by atoms with E-state index >= 15 is 0 Å². The fourth-order valence-electron chi connectivity index (χ4n) is 4.21. The number of halogens is 2. The number of ether oxygens (including phenoxy) is 2. The first-order valence-electron chi connectivity index (χ1n) is 13.5. The Morgan fingerprint density at radius 1 is 1.09 bits per heavy atom. The second-order valence-corrected chi connectivity index (χ2v) is 10.2. The molecular formula is C29H34Cl2N6O6. The van der Waals surface area contributed by atoms with E-state index in [0.717, 1.165) is 17.7 Å². The van der Waals surface area contributed by atoms with Crippen LogP contribution in [0.3, 0.4) is 0 Å². The Labute approximate surface area is 259 Å². The van der Waals surface area contributed by atoms with Gasteiger partial charge in [-0.2, -0.15) is 0 Å². The van der Waals surface area contributed by atoms with Crippen molar-refractivity contribution >= 4 is 64.6 Å². The lowest BCUT2D eigenvalue weighted by molar-refractivity contribution is -0.135. The molecule has 4 N–H and O–H groups in total. The van der Waals surface area contributed by atoms with Gasteiger partial charge in [-0.3, -0.25) is 19.7 Å². The molecule has 0 saturated heterocycles. The van der Waals surface area contributed by atoms with Gasteiger partial charge in [0, 0.05) is 42.0 Å². The van der Waals surface area contributed by atoms with E-state index in [9.17, 15) is 19.2 Å². The van der Waals surface area contributed by atoms with E-state index < -0.39 is 6.09 Å². The Bertz CT molecular complexity index is 1450. The molecule has 0 aliphatic carbocycles. The molecule has 1 heterocycles. The van der Waals surface area contributed by atoms with Gasteiger partial charge in [0.1, 0.15) is 23.3 Å². The number of aromatic nitrogens is 2. The fraction of sp³-hybridized carbons (Fsp3) is 0.345. The Balaban J connectivity index is 1.89. The van der Waals surface area contributed by atoms with Crippen molar-refractivity contribution in [1.82, 2.24) is 14.9 Å². The quantitative estimate of drug-likeness (QED) is 0.127. The van der Waals surface area contributed by atoms with Gasteiger partial charge in [0.2, 0.25) is 11.8 Å². The van der Waals surface area contributed by atoms with Crippen LogP contribution in [0.5, 0.6) is 0 Å². The number of carbonyl (C=O) groups is 4. The van der Waals surface area contributed by atoms with Crippen LogP contribution in [0.2, 0.25) is 10.2 Å². The third-order valence-corrected chi connectivity index (χ3v) is 6.87. The molecule has 0 radical (unpaired) electrons. The second-order valence-electron chi connectivity index (χ2n) is 9.39. The fourth-order valence-corrected chi connectivity index (χ4v) is 4.66. The molecule has 0 unspecified atom stereocenters. The van der Waals surface area contributed by atoms with Crippen LogP contribution < -0.4 is 16.0 Å². The molecule has 2 aromatic carbocycles. The number of anilines is 3. The molecule has 14 heteroatoms. The number of H-pyrrole nitrogens is 1. The van der Waals surface area contributed by atoms with Crippen LogP contribution in [0.15, 0.2) is 36.4 Å². The summed E-state index contributed by atoms with van der Waals surface area (Å²) in [6, 6.07) is 10.1. The van der Waals surface area contributed by atoms with Crippen LogP contribution in [0.1, 0.15) is 37.6 Å². The lowest BCUT2D eigenvalue weighted by Gasteiger charge is -2.23. The minimum atomic E-state index is -0.669. The Hall–Kier alpha value is -4.29. The summed E-state index contributed by atoms with van der Waals surface area (Å²) in [4.78, 5) is 57.6. The van der Waals surface area contributed by atoms with Crippen molar-refractivity contribution in [1.29, 1.82) is 0 Å². The molecule has 0 saturated carbocycles. The first kappa shape index (κ1) is 33.2. The Morgan fingerprint density at radius 3 is 2.58 bits per heavy atom. The summed E-state index contributed by atoms with van der Waals surface area (Å²) in [6.07, 6.45) is 1.05. The molecule has 0 fully saturated rings. The van der Waals surface area contributed by atoms with E-state index in [1.807, 2.05) is 13.0 Å². The number of benzene rings is 2. The van der Waals surface area contributed by atoms with Crippen molar-refractivity contribution in [2.75, 3.05) is 43.3 Å². The van der Waals surface area contributed by atoms with Crippen molar-refractivity contribution in [3.63, 3.8) is 0 Å². The van der Waals surface area contributed by atoms with Crippen molar-refractivity contribution in [3.8, 4) is 11.3 Å². The van der Waals surface area contributed by atoms with Crippen molar-refractivity contribution in [3.05, 3.63) is 58.0 Å². The zero-order valence-corrected chi connectivity index (χ0v) is 25.6. The molecule has 1 aromatic heterocycles. The van der Waals surface area contributed by atoms with E-state index in [4.69, 9.17) is 27.9 Å². The molecule has 0 aliphatic heterocycles. The smallest absolute Gasteiger partial charge is 0.411 e. The topological polar surface area (TPSA) is 155 Å². The monoisotopic (exact) mass is 632 g/mol. The average molecular weight is 634 g/mol. The highest BCUT2D eigenvalue weighted by Crippen LogP contribution is 2.34. The molecule has 0 aliphatic rings. The molecular weight excluding hydrogens is 599 g/mol. The summed E-state index contributed by atoms with van der Waals surface area (Å²) >= 11 is 12.7. The molecule has 3 rings (SSSR count). The van der Waals surface area contributed by atoms with E-state index in [0.29, 0.717) is 47.0 Å². The summed E-state index contributed by atoms with van der Waals surface area (Å²) < 4.78 is 9.51. The highest BCUT2D eigenvalue weighted by atomic mass is 35.5. The summed E-state index contributed by atoms with van der Waals surface area (Å²) in [6.45, 7) is 2.64. The maximum Gasteiger partial charge on any atom is 0.411 e. The Kier molecular flexibility index (Phi) is 12.6. The van der Waals surface area contributed by atoms with E-state index in [1.54, 1.807) is 37.4 Å². The number of nitrogens with zero attached hydrogens (tertiary/aromatic N) is 2. The van der Waals surface area contributed by atoms with Crippen molar-refractivity contribution in [2.24, 2.45) is 0 Å². The number of nitrogens with one attached hydrogen (secondary N) is 4. The molecule has 12 nitrogen and oxygen atoms in total. The minimum Gasteiger partial charge on any atom is -0.466 e. The van der Waals surface area contributed by atoms with Gasteiger partial charge in [0.25, 0.3) is 6.47 Å². The van der Waals surface area contributed by atoms with E-state index in [2.05, 4.69) is 30.7 Å². The molecule has 43 heavy (non-hydrogen) atoms. The van der Waals surface area contributed by atoms with E-state index in [-0.39, 0.29) is 48.9 Å². The van der Waals surface area contributed by atoms with Crippen LogP contribution in [0.25, 0.3) is 11.3 Å². The number of imidazole rings is 1. The number of amides is 3. The number of rotatable bonds is 15. The van der Waals surface area contributed by atoms with Crippen LogP contribution in [0.4, 0.5) is 21.9 Å². The first-order chi connectivity index (χ1) is 20.7. The molecule has 0 spiro atoms. The number of carbonyl (C=O) groups excluding carboxylic acids is 4. The summed E-state index contributed by atoms with van der Waals surface area (Å²) in [5.74, 6) is -0.235. The second kappa shape index (κ2) is 16.4. The van der Waals surface area contributed by atoms with Gasteiger partial charge in [-0.15, -0.1) is 0 Å². The van der Waals surface area contributed by atoms with Gasteiger partial charge >= 0.3 is 6.09 Å². The van der Waals surface area contributed by atoms with Gasteiger partial charge in [-0.1, -0.05) is 36.5 Å². The number of hydrogen-bond donors (Lipinski definition) is 4. The third kappa shape index (κ3) is 9.62. The lowest BCUT2D eigenvalue weighted by Crippen LogP contribution is -2.35. The average Bonchev–Trinajstić information content (AvgIpc) is 3.34. The largest absolute Gasteiger partial charge is 0.466 e. The van der Waals surface area contributed by atoms with Crippen molar-refractivity contribution < 1.29 is 28.7 Å². The van der Waals surface area contributed by atoms with Gasteiger partial charge in [-0.05, 0) is 48.4 Å². The number of aromatic amines is 1. The minimum absolute atomic E-state index is 0.00189. The zero-order valence-electron chi connectivity index (χ0n) is 24.1. The Morgan fingerprint density at radius 2 is 1.88 bits per heavy atom. The van der Waals surface area contributed by atoms with Gasteiger partial charge in [0.15, 0.2) is 0 Å². The van der Waals surface area contributed by atoms with Crippen LogP contribution >= 0.6 is 23.2 Å². The highest BCUT2D eigenvalue weighted by Gasteiger charge is 2.22. The highest BCUT2D eigenvalue weighted by molar-refractivity contribution is 6.32. The maximum atomic E-state index is 13.5. The molecule has 0 atom stereocenters. The summed E-state index contributed by atoms with van der Waals surface area (Å²) in [5, 5.41) is 9.18. The third-order valence-electron chi connectivity index (χ3n) is 6.36. The van der Waals surface area contributed by atoms with Crippen LogP contribution in [-0.2, 0) is 36.8 Å². The predicted octanol–water partition coefficient (Wildman–Crippen LogP) is 5.48. The molecule has 230 valence electrons. The standard InChI is InChI=1S/C29H34Cl2N6O6/c1-4-5-6-25(39)34-23-14-20(33-29(41)42-3)8-9-21(23)27-28(31)36-24(35-27)15-26(40)37(11-12-43-17-38)16-18-13-19(30)7-10-22(18)32-2/h7-10,13-14,17,32H,4-6,11-12,15-16H2,1-3H3,(H,33,41)(H,34,39)(H,35,36). The van der Waals surface area contributed by atoms with Gasteiger partial charge in [-0.25, -0.2) is 9.78 Å². The number of unbranched alkanes of at least 4 members (excludes halogenated alkanes) is 1. The lowest BCUT2D eigenvalue weighted by atomic mass is 10.1. The van der Waals surface area contributed by atoms with Crippen LogP contribution in [0, 0.1) is 0 Å². The first-order valence-corrected chi connectivity index (χ1v) is 14.3. The molecule has 3 amide bonds. The molecule has 3 aromatic rings. The molecule has 0 bridgehead atoms. The zero-order chi connectivity index (χ0) is 31.4. The van der Waals surface area contributed by atoms with Crippen LogP contribution in [-0.4, -0.2) is 66.6 Å². The van der Waals surface area contributed by atoms with Gasteiger partial charge < -0.3 is 30.0 Å².